The molecule has 2 unspecified atom stereocenters. The SMILES string of the molecule is CC/C=C\C/C=C\C/C=C\C/C=C\CCCCCCCCCCCCC(=O)NC(CO)C(O)CCCCCCCCCCCCCCCCCCCCC. The van der Waals surface area contributed by atoms with Gasteiger partial charge in [0.15, 0.2) is 0 Å². The van der Waals surface area contributed by atoms with Crippen LogP contribution in [-0.2, 0) is 4.79 Å². The average molecular weight is 756 g/mol. The summed E-state index contributed by atoms with van der Waals surface area (Å²) in [4.78, 5) is 12.4. The molecule has 4 heteroatoms. The summed E-state index contributed by atoms with van der Waals surface area (Å²) in [5, 5.41) is 23.2. The lowest BCUT2D eigenvalue weighted by Gasteiger charge is -2.22. The number of carbonyl (C=O) groups is 1. The average Bonchev–Trinajstić information content (AvgIpc) is 3.18. The summed E-state index contributed by atoms with van der Waals surface area (Å²) >= 11 is 0. The highest BCUT2D eigenvalue weighted by molar-refractivity contribution is 5.76. The van der Waals surface area contributed by atoms with Gasteiger partial charge in [0.2, 0.25) is 5.91 Å². The lowest BCUT2D eigenvalue weighted by Crippen LogP contribution is -2.45. The van der Waals surface area contributed by atoms with E-state index in [0.29, 0.717) is 12.8 Å². The van der Waals surface area contributed by atoms with Crippen molar-refractivity contribution >= 4 is 5.91 Å². The molecule has 0 aromatic rings. The molecule has 2 atom stereocenters. The Kier molecular flexibility index (Phi) is 44.3. The maximum absolute atomic E-state index is 12.4. The molecule has 0 aromatic carbocycles. The number of nitrogens with one attached hydrogen (secondary N) is 1. The van der Waals surface area contributed by atoms with Gasteiger partial charge in [0.25, 0.3) is 0 Å². The molecule has 4 nitrogen and oxygen atoms in total. The van der Waals surface area contributed by atoms with E-state index in [1.807, 2.05) is 0 Å². The van der Waals surface area contributed by atoms with Crippen LogP contribution < -0.4 is 5.32 Å². The second kappa shape index (κ2) is 45.7. The molecule has 0 spiro atoms. The normalized spacial score (nSPS) is 13.3. The van der Waals surface area contributed by atoms with Crippen molar-refractivity contribution in [3.8, 4) is 0 Å². The number of hydrogen-bond acceptors (Lipinski definition) is 3. The molecule has 0 aliphatic rings. The van der Waals surface area contributed by atoms with Crippen molar-refractivity contribution < 1.29 is 15.0 Å². The van der Waals surface area contributed by atoms with Crippen molar-refractivity contribution in [3.63, 3.8) is 0 Å². The Morgan fingerprint density at radius 2 is 0.815 bits per heavy atom. The van der Waals surface area contributed by atoms with Crippen LogP contribution in [0.25, 0.3) is 0 Å². The summed E-state index contributed by atoms with van der Waals surface area (Å²) in [6, 6.07) is -0.540. The van der Waals surface area contributed by atoms with E-state index in [1.54, 1.807) is 0 Å². The number of aliphatic hydroxyl groups is 2. The topological polar surface area (TPSA) is 69.6 Å². The summed E-state index contributed by atoms with van der Waals surface area (Å²) in [6.07, 6.45) is 62.0. The monoisotopic (exact) mass is 756 g/mol. The molecule has 0 rings (SSSR count). The molecule has 0 aliphatic heterocycles. The van der Waals surface area contributed by atoms with Gasteiger partial charge in [-0.05, 0) is 51.4 Å². The van der Waals surface area contributed by atoms with E-state index in [2.05, 4.69) is 67.8 Å². The van der Waals surface area contributed by atoms with Gasteiger partial charge in [0.1, 0.15) is 0 Å². The number of carbonyl (C=O) groups excluding carboxylic acids is 1. The lowest BCUT2D eigenvalue weighted by molar-refractivity contribution is -0.123. The van der Waals surface area contributed by atoms with Gasteiger partial charge >= 0.3 is 0 Å². The van der Waals surface area contributed by atoms with Crippen LogP contribution in [0, 0.1) is 0 Å². The van der Waals surface area contributed by atoms with Crippen LogP contribution in [0.1, 0.15) is 245 Å². The third-order valence-electron chi connectivity index (χ3n) is 10.9. The van der Waals surface area contributed by atoms with Crippen LogP contribution in [-0.4, -0.2) is 34.9 Å². The van der Waals surface area contributed by atoms with E-state index in [0.717, 1.165) is 51.4 Å². The molecule has 3 N–H and O–H groups in total. The molecule has 0 saturated heterocycles. The molecule has 0 bridgehead atoms. The Bertz CT molecular complexity index is 862. The first kappa shape index (κ1) is 52.3. The van der Waals surface area contributed by atoms with Gasteiger partial charge in [0, 0.05) is 6.42 Å². The maximum atomic E-state index is 12.4. The molecule has 316 valence electrons. The first-order valence-corrected chi connectivity index (χ1v) is 23.8. The third-order valence-corrected chi connectivity index (χ3v) is 10.9. The number of unbranched alkanes of at least 4 members (excludes halogenated alkanes) is 28. The van der Waals surface area contributed by atoms with Gasteiger partial charge in [-0.25, -0.2) is 0 Å². The molecular formula is C50H93NO3. The van der Waals surface area contributed by atoms with Gasteiger partial charge in [-0.2, -0.15) is 0 Å². The molecule has 54 heavy (non-hydrogen) atoms. The fraction of sp³-hybridized carbons (Fsp3) is 0.820. The minimum absolute atomic E-state index is 0.0356. The summed E-state index contributed by atoms with van der Waals surface area (Å²) in [5.74, 6) is -0.0356. The fourth-order valence-corrected chi connectivity index (χ4v) is 7.24. The van der Waals surface area contributed by atoms with Crippen molar-refractivity contribution in [3.05, 3.63) is 48.6 Å². The van der Waals surface area contributed by atoms with Crippen LogP contribution in [0.15, 0.2) is 48.6 Å². The second-order valence-corrected chi connectivity index (χ2v) is 16.2. The smallest absolute Gasteiger partial charge is 0.220 e. The van der Waals surface area contributed by atoms with Gasteiger partial charge < -0.3 is 15.5 Å². The number of rotatable bonds is 43. The Morgan fingerprint density at radius 3 is 1.22 bits per heavy atom. The van der Waals surface area contributed by atoms with E-state index >= 15 is 0 Å². The minimum Gasteiger partial charge on any atom is -0.394 e. The molecule has 0 aliphatic carbocycles. The predicted octanol–water partition coefficient (Wildman–Crippen LogP) is 15.1. The quantitative estimate of drug-likeness (QED) is 0.0429. The Hall–Kier alpha value is -1.65. The number of hydrogen-bond donors (Lipinski definition) is 3. The molecule has 0 heterocycles. The van der Waals surface area contributed by atoms with E-state index in [1.165, 1.54) is 167 Å². The Balaban J connectivity index is 3.51. The highest BCUT2D eigenvalue weighted by Crippen LogP contribution is 2.16. The molecule has 0 aromatic heterocycles. The first-order valence-electron chi connectivity index (χ1n) is 23.8. The van der Waals surface area contributed by atoms with E-state index in [4.69, 9.17) is 0 Å². The van der Waals surface area contributed by atoms with Crippen molar-refractivity contribution in [2.45, 2.75) is 257 Å². The van der Waals surface area contributed by atoms with E-state index < -0.39 is 12.1 Å². The number of aliphatic hydroxyl groups excluding tert-OH is 2. The summed E-state index contributed by atoms with van der Waals surface area (Å²) in [5.41, 5.74) is 0. The summed E-state index contributed by atoms with van der Waals surface area (Å²) in [6.45, 7) is 4.26. The fourth-order valence-electron chi connectivity index (χ4n) is 7.24. The molecule has 0 radical (unpaired) electrons. The highest BCUT2D eigenvalue weighted by atomic mass is 16.3. The Morgan fingerprint density at radius 1 is 0.463 bits per heavy atom. The standard InChI is InChI=1S/C50H93NO3/c1-3-5-7-9-11-13-15-17-19-21-23-24-25-26-28-30-32-34-36-38-40-42-44-46-50(54)51-48(47-52)49(53)45-43-41-39-37-35-33-31-29-27-22-20-18-16-14-12-10-8-6-4-2/h5,7,11,13,17,19,23-24,48-49,52-53H,3-4,6,8-10,12,14-16,18,20-22,25-47H2,1-2H3,(H,51,54)/b7-5-,13-11-,19-17-,24-23-. The van der Waals surface area contributed by atoms with E-state index in [-0.39, 0.29) is 12.5 Å². The summed E-state index contributed by atoms with van der Waals surface area (Å²) in [7, 11) is 0. The van der Waals surface area contributed by atoms with Gasteiger partial charge in [-0.1, -0.05) is 236 Å². The zero-order valence-corrected chi connectivity index (χ0v) is 36.2. The highest BCUT2D eigenvalue weighted by Gasteiger charge is 2.20. The van der Waals surface area contributed by atoms with Crippen molar-refractivity contribution in [1.82, 2.24) is 5.32 Å². The zero-order chi connectivity index (χ0) is 39.3. The molecule has 0 saturated carbocycles. The van der Waals surface area contributed by atoms with Crippen LogP contribution >= 0.6 is 0 Å². The van der Waals surface area contributed by atoms with E-state index in [9.17, 15) is 15.0 Å². The molecule has 1 amide bonds. The zero-order valence-electron chi connectivity index (χ0n) is 36.2. The first-order chi connectivity index (χ1) is 26.7. The van der Waals surface area contributed by atoms with Gasteiger partial charge in [-0.3, -0.25) is 4.79 Å². The summed E-state index contributed by atoms with van der Waals surface area (Å²) < 4.78 is 0. The minimum atomic E-state index is -0.662. The molecular weight excluding hydrogens is 663 g/mol. The van der Waals surface area contributed by atoms with Crippen LogP contribution in [0.4, 0.5) is 0 Å². The van der Waals surface area contributed by atoms with Crippen molar-refractivity contribution in [1.29, 1.82) is 0 Å². The largest absolute Gasteiger partial charge is 0.394 e. The van der Waals surface area contributed by atoms with Crippen molar-refractivity contribution in [2.24, 2.45) is 0 Å². The second-order valence-electron chi connectivity index (χ2n) is 16.2. The van der Waals surface area contributed by atoms with Crippen LogP contribution in [0.2, 0.25) is 0 Å². The molecule has 0 fully saturated rings. The van der Waals surface area contributed by atoms with Crippen LogP contribution in [0.5, 0.6) is 0 Å². The number of allylic oxidation sites excluding steroid dienone is 8. The van der Waals surface area contributed by atoms with Crippen LogP contribution in [0.3, 0.4) is 0 Å². The predicted molar refractivity (Wildman–Crippen MR) is 239 cm³/mol. The Labute approximate surface area is 337 Å². The maximum Gasteiger partial charge on any atom is 0.220 e. The van der Waals surface area contributed by atoms with Gasteiger partial charge in [0.05, 0.1) is 18.8 Å². The lowest BCUT2D eigenvalue weighted by atomic mass is 10.0. The third kappa shape index (κ3) is 41.5. The van der Waals surface area contributed by atoms with Gasteiger partial charge in [-0.15, -0.1) is 0 Å². The number of amides is 1. The van der Waals surface area contributed by atoms with Crippen molar-refractivity contribution in [2.75, 3.05) is 6.61 Å².